The second kappa shape index (κ2) is 5.79. The summed E-state index contributed by atoms with van der Waals surface area (Å²) in [7, 11) is 0. The van der Waals surface area contributed by atoms with Crippen molar-refractivity contribution < 1.29 is 9.66 Å². The van der Waals surface area contributed by atoms with Gasteiger partial charge in [0.15, 0.2) is 5.75 Å². The fraction of sp³-hybridized carbons (Fsp3) is 0.600. The normalized spacial score (nSPS) is 18.0. The molecule has 2 aliphatic rings. The highest BCUT2D eigenvalue weighted by molar-refractivity contribution is 5.48. The van der Waals surface area contributed by atoms with E-state index in [0.29, 0.717) is 24.9 Å². The van der Waals surface area contributed by atoms with Gasteiger partial charge in [0, 0.05) is 18.7 Å². The molecule has 0 bridgehead atoms. The number of nitrogens with one attached hydrogen (secondary N) is 1. The molecule has 3 rings (SSSR count). The molecule has 0 radical (unpaired) electrons. The van der Waals surface area contributed by atoms with Crippen LogP contribution in [0.15, 0.2) is 18.2 Å². The molecule has 5 nitrogen and oxygen atoms in total. The van der Waals surface area contributed by atoms with Gasteiger partial charge in [0.25, 0.3) is 0 Å². The summed E-state index contributed by atoms with van der Waals surface area (Å²) in [6.07, 6.45) is 5.98. The van der Waals surface area contributed by atoms with E-state index in [1.165, 1.54) is 25.7 Å². The zero-order valence-corrected chi connectivity index (χ0v) is 11.5. The van der Waals surface area contributed by atoms with E-state index in [9.17, 15) is 10.1 Å². The average Bonchev–Trinajstić information content (AvgIpc) is 3.31. The fourth-order valence-electron chi connectivity index (χ4n) is 2.23. The van der Waals surface area contributed by atoms with Gasteiger partial charge in [0.2, 0.25) is 0 Å². The minimum atomic E-state index is -0.354. The van der Waals surface area contributed by atoms with Gasteiger partial charge in [-0.3, -0.25) is 10.1 Å². The molecule has 5 heteroatoms. The van der Waals surface area contributed by atoms with E-state index in [2.05, 4.69) is 5.32 Å². The van der Waals surface area contributed by atoms with E-state index in [0.717, 1.165) is 17.9 Å². The summed E-state index contributed by atoms with van der Waals surface area (Å²) in [5.74, 6) is 1.17. The standard InChI is InChI=1S/C15H20N2O3/c18-17(19)14-9-12(10-16-13-4-5-13)3-6-15(14)20-8-7-11-1-2-11/h3,6,9,11,13,16H,1-2,4-5,7-8,10H2. The van der Waals surface area contributed by atoms with Crippen LogP contribution < -0.4 is 10.1 Å². The molecule has 0 unspecified atom stereocenters. The van der Waals surface area contributed by atoms with Crippen molar-refractivity contribution in [3.8, 4) is 5.75 Å². The summed E-state index contributed by atoms with van der Waals surface area (Å²) >= 11 is 0. The van der Waals surface area contributed by atoms with E-state index in [1.54, 1.807) is 12.1 Å². The van der Waals surface area contributed by atoms with Crippen LogP contribution in [-0.2, 0) is 6.54 Å². The Morgan fingerprint density at radius 2 is 2.10 bits per heavy atom. The van der Waals surface area contributed by atoms with E-state index in [1.807, 2.05) is 6.07 Å². The lowest BCUT2D eigenvalue weighted by molar-refractivity contribution is -0.385. The Balaban J connectivity index is 1.62. The molecule has 0 aliphatic heterocycles. The lowest BCUT2D eigenvalue weighted by atomic mass is 10.2. The van der Waals surface area contributed by atoms with Gasteiger partial charge >= 0.3 is 5.69 Å². The number of hydrogen-bond acceptors (Lipinski definition) is 4. The first-order valence-electron chi connectivity index (χ1n) is 7.36. The average molecular weight is 276 g/mol. The summed E-state index contributed by atoms with van der Waals surface area (Å²) in [5, 5.41) is 14.5. The molecular weight excluding hydrogens is 256 g/mol. The quantitative estimate of drug-likeness (QED) is 0.585. The van der Waals surface area contributed by atoms with E-state index in [4.69, 9.17) is 4.74 Å². The van der Waals surface area contributed by atoms with Gasteiger partial charge in [-0.1, -0.05) is 18.9 Å². The molecule has 1 aromatic carbocycles. The van der Waals surface area contributed by atoms with Gasteiger partial charge < -0.3 is 10.1 Å². The van der Waals surface area contributed by atoms with Crippen molar-refractivity contribution in [2.75, 3.05) is 6.61 Å². The van der Waals surface area contributed by atoms with Gasteiger partial charge in [-0.15, -0.1) is 0 Å². The highest BCUT2D eigenvalue weighted by atomic mass is 16.6. The molecule has 0 spiro atoms. The van der Waals surface area contributed by atoms with Crippen LogP contribution in [0.4, 0.5) is 5.69 Å². The molecule has 20 heavy (non-hydrogen) atoms. The Labute approximate surface area is 118 Å². The van der Waals surface area contributed by atoms with Crippen molar-refractivity contribution in [1.29, 1.82) is 0 Å². The Bertz CT molecular complexity index is 496. The molecule has 0 heterocycles. The highest BCUT2D eigenvalue weighted by Gasteiger charge is 2.23. The highest BCUT2D eigenvalue weighted by Crippen LogP contribution is 2.33. The Morgan fingerprint density at radius 3 is 2.75 bits per heavy atom. The van der Waals surface area contributed by atoms with Crippen LogP contribution in [0, 0.1) is 16.0 Å². The first kappa shape index (κ1) is 13.4. The zero-order valence-electron chi connectivity index (χ0n) is 11.5. The van der Waals surface area contributed by atoms with Crippen molar-refractivity contribution >= 4 is 5.69 Å². The lowest BCUT2D eigenvalue weighted by Gasteiger charge is -2.08. The van der Waals surface area contributed by atoms with Gasteiger partial charge in [-0.2, -0.15) is 0 Å². The molecule has 0 aromatic heterocycles. The number of nitro benzene ring substituents is 1. The molecule has 2 aliphatic carbocycles. The summed E-state index contributed by atoms with van der Waals surface area (Å²) < 4.78 is 5.58. The van der Waals surface area contributed by atoms with Crippen LogP contribution >= 0.6 is 0 Å². The molecule has 0 amide bonds. The van der Waals surface area contributed by atoms with Crippen LogP contribution in [0.1, 0.15) is 37.7 Å². The Morgan fingerprint density at radius 1 is 1.30 bits per heavy atom. The SMILES string of the molecule is O=[N+]([O-])c1cc(CNC2CC2)ccc1OCCC1CC1. The molecule has 1 aromatic rings. The second-order valence-corrected chi connectivity index (χ2v) is 5.79. The lowest BCUT2D eigenvalue weighted by Crippen LogP contribution is -2.15. The van der Waals surface area contributed by atoms with Crippen molar-refractivity contribution in [3.63, 3.8) is 0 Å². The number of ether oxygens (including phenoxy) is 1. The summed E-state index contributed by atoms with van der Waals surface area (Å²) in [6, 6.07) is 5.87. The topological polar surface area (TPSA) is 64.4 Å². The van der Waals surface area contributed by atoms with E-state index < -0.39 is 0 Å². The van der Waals surface area contributed by atoms with Crippen molar-refractivity contribution in [2.24, 2.45) is 5.92 Å². The van der Waals surface area contributed by atoms with Gasteiger partial charge in [0.1, 0.15) is 0 Å². The number of hydrogen-bond donors (Lipinski definition) is 1. The maximum absolute atomic E-state index is 11.1. The maximum atomic E-state index is 11.1. The van der Waals surface area contributed by atoms with Crippen LogP contribution in [0.3, 0.4) is 0 Å². The third-order valence-electron chi connectivity index (χ3n) is 3.87. The zero-order chi connectivity index (χ0) is 13.9. The minimum Gasteiger partial charge on any atom is -0.487 e. The predicted molar refractivity (Wildman–Crippen MR) is 75.8 cm³/mol. The van der Waals surface area contributed by atoms with Gasteiger partial charge in [-0.25, -0.2) is 0 Å². The number of rotatable bonds is 8. The fourth-order valence-corrected chi connectivity index (χ4v) is 2.23. The van der Waals surface area contributed by atoms with Crippen LogP contribution in [-0.4, -0.2) is 17.6 Å². The van der Waals surface area contributed by atoms with E-state index >= 15 is 0 Å². The molecule has 2 fully saturated rings. The summed E-state index contributed by atoms with van der Waals surface area (Å²) in [4.78, 5) is 10.8. The Kier molecular flexibility index (Phi) is 3.87. The predicted octanol–water partition coefficient (Wildman–Crippen LogP) is 3.03. The molecule has 0 saturated heterocycles. The molecule has 0 atom stereocenters. The maximum Gasteiger partial charge on any atom is 0.311 e. The summed E-state index contributed by atoms with van der Waals surface area (Å²) in [6.45, 7) is 1.26. The number of nitro groups is 1. The molecule has 1 N–H and O–H groups in total. The first-order chi connectivity index (χ1) is 9.72. The largest absolute Gasteiger partial charge is 0.487 e. The summed E-state index contributed by atoms with van der Waals surface area (Å²) in [5.41, 5.74) is 1.02. The second-order valence-electron chi connectivity index (χ2n) is 5.79. The molecule has 2 saturated carbocycles. The number of nitrogens with zero attached hydrogens (tertiary/aromatic N) is 1. The Hall–Kier alpha value is -1.62. The van der Waals surface area contributed by atoms with Gasteiger partial charge in [0.05, 0.1) is 11.5 Å². The monoisotopic (exact) mass is 276 g/mol. The van der Waals surface area contributed by atoms with E-state index in [-0.39, 0.29) is 10.6 Å². The third-order valence-corrected chi connectivity index (χ3v) is 3.87. The van der Waals surface area contributed by atoms with Crippen LogP contribution in [0.25, 0.3) is 0 Å². The van der Waals surface area contributed by atoms with Crippen molar-refractivity contribution in [2.45, 2.75) is 44.7 Å². The van der Waals surface area contributed by atoms with Crippen LogP contribution in [0.2, 0.25) is 0 Å². The third kappa shape index (κ3) is 3.70. The smallest absolute Gasteiger partial charge is 0.311 e. The number of benzene rings is 1. The van der Waals surface area contributed by atoms with Crippen LogP contribution in [0.5, 0.6) is 5.75 Å². The molecular formula is C15H20N2O3. The minimum absolute atomic E-state index is 0.0795. The van der Waals surface area contributed by atoms with Gasteiger partial charge in [-0.05, 0) is 36.8 Å². The van der Waals surface area contributed by atoms with Crippen molar-refractivity contribution in [3.05, 3.63) is 33.9 Å². The molecule has 108 valence electrons. The first-order valence-corrected chi connectivity index (χ1v) is 7.36. The van der Waals surface area contributed by atoms with Crippen molar-refractivity contribution in [1.82, 2.24) is 5.32 Å².